The van der Waals surface area contributed by atoms with Gasteiger partial charge in [-0.2, -0.15) is 0 Å². The number of aromatic amines is 2. The normalized spacial score (nSPS) is 10.5. The number of anilines is 1. The number of H-pyrrole nitrogens is 2. The molecule has 3 N–H and O–H groups in total. The molecule has 0 saturated heterocycles. The molecule has 0 atom stereocenters. The SMILES string of the molecule is CCNc1nc(=S)[nH]c2nc[nH]c12. The van der Waals surface area contributed by atoms with Gasteiger partial charge in [-0.05, 0) is 19.1 Å². The van der Waals surface area contributed by atoms with Crippen LogP contribution in [0, 0.1) is 4.77 Å². The Labute approximate surface area is 79.6 Å². The summed E-state index contributed by atoms with van der Waals surface area (Å²) < 4.78 is 0.440. The molecular formula is C7H9N5S. The first-order valence-corrected chi connectivity index (χ1v) is 4.39. The van der Waals surface area contributed by atoms with Crippen molar-refractivity contribution in [2.45, 2.75) is 6.92 Å². The second kappa shape index (κ2) is 3.14. The Kier molecular flexibility index (Phi) is 1.97. The van der Waals surface area contributed by atoms with Crippen molar-refractivity contribution in [3.05, 3.63) is 11.1 Å². The standard InChI is InChI=1S/C7H9N5S/c1-2-8-5-4-6(10-3-9-4)12-7(13)11-5/h3H,2H2,1H3,(H3,8,9,10,11,12,13). The first kappa shape index (κ1) is 8.18. The molecule has 0 bridgehead atoms. The van der Waals surface area contributed by atoms with Gasteiger partial charge in [-0.1, -0.05) is 0 Å². The number of aromatic nitrogens is 4. The van der Waals surface area contributed by atoms with Gasteiger partial charge in [0.15, 0.2) is 11.5 Å². The summed E-state index contributed by atoms with van der Waals surface area (Å²) in [6.07, 6.45) is 1.61. The Hall–Kier alpha value is -1.43. The molecule has 0 unspecified atom stereocenters. The third kappa shape index (κ3) is 1.40. The Morgan fingerprint density at radius 3 is 3.23 bits per heavy atom. The molecule has 0 amide bonds. The van der Waals surface area contributed by atoms with Crippen LogP contribution < -0.4 is 5.32 Å². The monoisotopic (exact) mass is 195 g/mol. The van der Waals surface area contributed by atoms with Crippen LogP contribution in [0.2, 0.25) is 0 Å². The number of fused-ring (bicyclic) bond motifs is 1. The van der Waals surface area contributed by atoms with Crippen LogP contribution in [0.4, 0.5) is 5.82 Å². The molecule has 5 nitrogen and oxygen atoms in total. The molecule has 2 aromatic heterocycles. The van der Waals surface area contributed by atoms with Crippen molar-refractivity contribution in [1.82, 2.24) is 19.9 Å². The molecule has 0 aromatic carbocycles. The molecule has 0 spiro atoms. The van der Waals surface area contributed by atoms with E-state index in [0.29, 0.717) is 4.77 Å². The molecule has 68 valence electrons. The summed E-state index contributed by atoms with van der Waals surface area (Å²) in [6, 6.07) is 0. The van der Waals surface area contributed by atoms with E-state index in [1.165, 1.54) is 0 Å². The fraction of sp³-hybridized carbons (Fsp3) is 0.286. The van der Waals surface area contributed by atoms with Gasteiger partial charge in [0.1, 0.15) is 5.52 Å². The average molecular weight is 195 g/mol. The highest BCUT2D eigenvalue weighted by atomic mass is 32.1. The van der Waals surface area contributed by atoms with Gasteiger partial charge < -0.3 is 15.3 Å². The van der Waals surface area contributed by atoms with Crippen molar-refractivity contribution in [1.29, 1.82) is 0 Å². The minimum absolute atomic E-state index is 0.440. The number of nitrogens with one attached hydrogen (secondary N) is 3. The molecule has 2 aromatic rings. The van der Waals surface area contributed by atoms with Crippen molar-refractivity contribution in [2.24, 2.45) is 0 Å². The first-order valence-electron chi connectivity index (χ1n) is 3.98. The van der Waals surface area contributed by atoms with Gasteiger partial charge in [-0.25, -0.2) is 9.97 Å². The maximum Gasteiger partial charge on any atom is 0.200 e. The van der Waals surface area contributed by atoms with Gasteiger partial charge in [0.05, 0.1) is 6.33 Å². The van der Waals surface area contributed by atoms with Crippen LogP contribution in [-0.4, -0.2) is 26.5 Å². The zero-order chi connectivity index (χ0) is 9.26. The van der Waals surface area contributed by atoms with Gasteiger partial charge in [0.25, 0.3) is 0 Å². The van der Waals surface area contributed by atoms with E-state index in [-0.39, 0.29) is 0 Å². The molecular weight excluding hydrogens is 186 g/mol. The summed E-state index contributed by atoms with van der Waals surface area (Å²) in [6.45, 7) is 2.81. The van der Waals surface area contributed by atoms with E-state index >= 15 is 0 Å². The fourth-order valence-corrected chi connectivity index (χ4v) is 1.34. The molecule has 0 aliphatic rings. The minimum atomic E-state index is 0.440. The van der Waals surface area contributed by atoms with Crippen molar-refractivity contribution in [2.75, 3.05) is 11.9 Å². The average Bonchev–Trinajstić information content (AvgIpc) is 2.52. The van der Waals surface area contributed by atoms with Gasteiger partial charge >= 0.3 is 0 Å². The highest BCUT2D eigenvalue weighted by molar-refractivity contribution is 7.71. The summed E-state index contributed by atoms with van der Waals surface area (Å²) in [5.41, 5.74) is 1.59. The third-order valence-corrected chi connectivity index (χ3v) is 1.85. The summed E-state index contributed by atoms with van der Waals surface area (Å²) in [5, 5.41) is 3.11. The van der Waals surface area contributed by atoms with E-state index in [1.54, 1.807) is 6.33 Å². The fourth-order valence-electron chi connectivity index (χ4n) is 1.15. The molecule has 6 heteroatoms. The highest BCUT2D eigenvalue weighted by Gasteiger charge is 2.03. The number of nitrogens with zero attached hydrogens (tertiary/aromatic N) is 2. The van der Waals surface area contributed by atoms with Crippen LogP contribution in [0.3, 0.4) is 0 Å². The Balaban J connectivity index is 2.70. The summed E-state index contributed by atoms with van der Waals surface area (Å²) >= 11 is 4.95. The molecule has 0 saturated carbocycles. The number of hydrogen-bond donors (Lipinski definition) is 3. The Morgan fingerprint density at radius 2 is 2.46 bits per heavy atom. The van der Waals surface area contributed by atoms with Crippen LogP contribution in [0.5, 0.6) is 0 Å². The Morgan fingerprint density at radius 1 is 1.62 bits per heavy atom. The largest absolute Gasteiger partial charge is 0.368 e. The van der Waals surface area contributed by atoms with E-state index in [0.717, 1.165) is 23.5 Å². The lowest BCUT2D eigenvalue weighted by Gasteiger charge is -2.01. The molecule has 0 aliphatic heterocycles. The maximum absolute atomic E-state index is 4.95. The molecule has 2 heterocycles. The minimum Gasteiger partial charge on any atom is -0.368 e. The van der Waals surface area contributed by atoms with Crippen molar-refractivity contribution >= 4 is 29.2 Å². The van der Waals surface area contributed by atoms with E-state index in [2.05, 4.69) is 25.3 Å². The van der Waals surface area contributed by atoms with E-state index < -0.39 is 0 Å². The van der Waals surface area contributed by atoms with Crippen LogP contribution in [0.1, 0.15) is 6.92 Å². The summed E-state index contributed by atoms with van der Waals surface area (Å²) in [7, 11) is 0. The number of imidazole rings is 1. The van der Waals surface area contributed by atoms with E-state index in [1.807, 2.05) is 6.92 Å². The highest BCUT2D eigenvalue weighted by Crippen LogP contribution is 2.14. The second-order valence-corrected chi connectivity index (χ2v) is 2.93. The van der Waals surface area contributed by atoms with Gasteiger partial charge in [0, 0.05) is 6.54 Å². The number of hydrogen-bond acceptors (Lipinski definition) is 4. The van der Waals surface area contributed by atoms with Crippen molar-refractivity contribution in [3.63, 3.8) is 0 Å². The van der Waals surface area contributed by atoms with Gasteiger partial charge in [-0.3, -0.25) is 0 Å². The lowest BCUT2D eigenvalue weighted by Crippen LogP contribution is -2.01. The zero-order valence-corrected chi connectivity index (χ0v) is 7.90. The predicted octanol–water partition coefficient (Wildman–Crippen LogP) is 1.45. The second-order valence-electron chi connectivity index (χ2n) is 2.55. The van der Waals surface area contributed by atoms with E-state index in [4.69, 9.17) is 12.2 Å². The maximum atomic E-state index is 4.95. The summed E-state index contributed by atoms with van der Waals surface area (Å²) in [4.78, 5) is 14.1. The first-order chi connectivity index (χ1) is 6.31. The molecule has 0 fully saturated rings. The molecule has 0 aliphatic carbocycles. The van der Waals surface area contributed by atoms with Crippen molar-refractivity contribution < 1.29 is 0 Å². The van der Waals surface area contributed by atoms with Crippen LogP contribution >= 0.6 is 12.2 Å². The molecule has 2 rings (SSSR count). The van der Waals surface area contributed by atoms with Crippen LogP contribution in [0.15, 0.2) is 6.33 Å². The van der Waals surface area contributed by atoms with E-state index in [9.17, 15) is 0 Å². The van der Waals surface area contributed by atoms with Crippen LogP contribution in [-0.2, 0) is 0 Å². The summed E-state index contributed by atoms with van der Waals surface area (Å²) in [5.74, 6) is 0.749. The van der Waals surface area contributed by atoms with Gasteiger partial charge in [0.2, 0.25) is 4.77 Å². The predicted molar refractivity (Wildman–Crippen MR) is 53.2 cm³/mol. The van der Waals surface area contributed by atoms with Crippen molar-refractivity contribution in [3.8, 4) is 0 Å². The Bertz CT molecular complexity index is 471. The van der Waals surface area contributed by atoms with Crippen LogP contribution in [0.25, 0.3) is 11.2 Å². The molecule has 0 radical (unpaired) electrons. The lowest BCUT2D eigenvalue weighted by molar-refractivity contribution is 1.11. The lowest BCUT2D eigenvalue weighted by atomic mass is 10.5. The quantitative estimate of drug-likeness (QED) is 0.634. The third-order valence-electron chi connectivity index (χ3n) is 1.66. The molecule has 13 heavy (non-hydrogen) atoms. The van der Waals surface area contributed by atoms with Gasteiger partial charge in [-0.15, -0.1) is 0 Å². The smallest absolute Gasteiger partial charge is 0.200 e. The topological polar surface area (TPSA) is 69.4 Å². The zero-order valence-electron chi connectivity index (χ0n) is 7.09. The number of rotatable bonds is 2.